The van der Waals surface area contributed by atoms with Crippen LogP contribution in [0.1, 0.15) is 35.8 Å². The fraction of sp³-hybridized carbons (Fsp3) is 0.389. The van der Waals surface area contributed by atoms with Crippen molar-refractivity contribution >= 4 is 23.5 Å². The normalized spacial score (nSPS) is 20.5. The highest BCUT2D eigenvalue weighted by atomic mass is 35.5. The first-order valence-corrected chi connectivity index (χ1v) is 8.53. The Balaban J connectivity index is 1.89. The summed E-state index contributed by atoms with van der Waals surface area (Å²) in [5.74, 6) is -1.06. The number of aliphatic carboxylic acids is 1. The second kappa shape index (κ2) is 6.52. The highest BCUT2D eigenvalue weighted by Gasteiger charge is 2.40. The molecule has 0 radical (unpaired) electrons. The molecule has 25 heavy (non-hydrogen) atoms. The van der Waals surface area contributed by atoms with Crippen molar-refractivity contribution in [3.05, 3.63) is 46.7 Å². The van der Waals surface area contributed by atoms with E-state index in [2.05, 4.69) is 5.10 Å². The van der Waals surface area contributed by atoms with Gasteiger partial charge in [0.15, 0.2) is 0 Å². The topological polar surface area (TPSA) is 75.4 Å². The molecule has 3 rings (SSSR count). The summed E-state index contributed by atoms with van der Waals surface area (Å²) in [4.78, 5) is 26.0. The van der Waals surface area contributed by atoms with Crippen LogP contribution in [0.25, 0.3) is 5.69 Å². The van der Waals surface area contributed by atoms with Gasteiger partial charge in [0, 0.05) is 13.1 Å². The Bertz CT molecular complexity index is 833. The third-order valence-corrected chi connectivity index (χ3v) is 5.14. The zero-order chi connectivity index (χ0) is 18.2. The van der Waals surface area contributed by atoms with Crippen LogP contribution in [-0.2, 0) is 4.79 Å². The predicted octanol–water partition coefficient (Wildman–Crippen LogP) is 3.16. The minimum absolute atomic E-state index is 0.192. The molecule has 1 fully saturated rings. The molecule has 0 spiro atoms. The molecule has 1 N–H and O–H groups in total. The Morgan fingerprint density at radius 3 is 2.72 bits per heavy atom. The molecule has 1 aromatic carbocycles. The molecule has 0 aliphatic carbocycles. The largest absolute Gasteiger partial charge is 0.481 e. The van der Waals surface area contributed by atoms with Crippen molar-refractivity contribution in [1.82, 2.24) is 14.7 Å². The summed E-state index contributed by atoms with van der Waals surface area (Å²) in [6.45, 7) is 4.26. The highest BCUT2D eigenvalue weighted by molar-refractivity contribution is 6.32. The maximum absolute atomic E-state index is 12.9. The number of aromatic nitrogens is 2. The number of carbonyl (C=O) groups excluding carboxylic acids is 1. The van der Waals surface area contributed by atoms with Gasteiger partial charge in [-0.3, -0.25) is 9.59 Å². The van der Waals surface area contributed by atoms with Gasteiger partial charge in [0.1, 0.15) is 0 Å². The van der Waals surface area contributed by atoms with E-state index in [1.807, 2.05) is 25.1 Å². The lowest BCUT2D eigenvalue weighted by Crippen LogP contribution is -2.48. The Hall–Kier alpha value is -2.34. The summed E-state index contributed by atoms with van der Waals surface area (Å²) in [6, 6.07) is 7.28. The maximum atomic E-state index is 12.9. The predicted molar refractivity (Wildman–Crippen MR) is 94.2 cm³/mol. The summed E-state index contributed by atoms with van der Waals surface area (Å²) in [6.07, 6.45) is 2.77. The summed E-state index contributed by atoms with van der Waals surface area (Å²) < 4.78 is 1.63. The van der Waals surface area contributed by atoms with E-state index >= 15 is 0 Å². The van der Waals surface area contributed by atoms with Crippen LogP contribution in [0, 0.1) is 12.3 Å². The Morgan fingerprint density at radius 2 is 2.04 bits per heavy atom. The number of likely N-dealkylation sites (tertiary alicyclic amines) is 1. The lowest BCUT2D eigenvalue weighted by molar-refractivity contribution is -0.150. The number of hydrogen-bond donors (Lipinski definition) is 1. The van der Waals surface area contributed by atoms with Crippen LogP contribution in [0.2, 0.25) is 5.02 Å². The molecule has 1 amide bonds. The van der Waals surface area contributed by atoms with Gasteiger partial charge in [-0.15, -0.1) is 0 Å². The number of carboxylic acid groups (broad SMARTS) is 1. The van der Waals surface area contributed by atoms with Crippen molar-refractivity contribution in [3.63, 3.8) is 0 Å². The molecule has 7 heteroatoms. The fourth-order valence-corrected chi connectivity index (χ4v) is 3.46. The third kappa shape index (κ3) is 3.14. The minimum Gasteiger partial charge on any atom is -0.481 e. The van der Waals surface area contributed by atoms with Gasteiger partial charge in [-0.25, -0.2) is 4.68 Å². The van der Waals surface area contributed by atoms with E-state index in [0.717, 1.165) is 0 Å². The summed E-state index contributed by atoms with van der Waals surface area (Å²) in [7, 11) is 0. The monoisotopic (exact) mass is 361 g/mol. The first-order valence-electron chi connectivity index (χ1n) is 8.16. The lowest BCUT2D eigenvalue weighted by atomic mass is 9.82. The summed E-state index contributed by atoms with van der Waals surface area (Å²) in [5.41, 5.74) is 0.950. The Kier molecular flexibility index (Phi) is 4.56. The molecule has 6 nitrogen and oxygen atoms in total. The molecule has 132 valence electrons. The van der Waals surface area contributed by atoms with Crippen molar-refractivity contribution in [2.45, 2.75) is 26.7 Å². The van der Waals surface area contributed by atoms with Gasteiger partial charge in [0.2, 0.25) is 0 Å². The quantitative estimate of drug-likeness (QED) is 0.911. The summed E-state index contributed by atoms with van der Waals surface area (Å²) >= 11 is 6.22. The maximum Gasteiger partial charge on any atom is 0.311 e. The fourth-order valence-electron chi connectivity index (χ4n) is 3.24. The number of piperidine rings is 1. The van der Waals surface area contributed by atoms with E-state index < -0.39 is 11.4 Å². The number of carbonyl (C=O) groups is 2. The van der Waals surface area contributed by atoms with Crippen molar-refractivity contribution in [2.75, 3.05) is 13.1 Å². The van der Waals surface area contributed by atoms with Crippen LogP contribution in [0.5, 0.6) is 0 Å². The van der Waals surface area contributed by atoms with Crippen LogP contribution in [0.15, 0.2) is 30.5 Å². The standard InChI is InChI=1S/C18H20ClN3O3/c1-12-13(10-20-22(12)15-7-4-3-6-14(15)19)16(23)21-9-5-8-18(2,11-21)17(24)25/h3-4,6-7,10H,5,8-9,11H2,1-2H3,(H,24,25). The molecule has 2 heterocycles. The average Bonchev–Trinajstić information content (AvgIpc) is 2.96. The van der Waals surface area contributed by atoms with Crippen LogP contribution in [0.3, 0.4) is 0 Å². The molecule has 2 aromatic rings. The molecular formula is C18H20ClN3O3. The number of hydrogen-bond acceptors (Lipinski definition) is 3. The molecule has 1 unspecified atom stereocenters. The van der Waals surface area contributed by atoms with Gasteiger partial charge >= 0.3 is 5.97 Å². The van der Waals surface area contributed by atoms with Gasteiger partial charge in [-0.05, 0) is 38.8 Å². The molecule has 0 bridgehead atoms. The van der Waals surface area contributed by atoms with E-state index in [1.165, 1.54) is 6.20 Å². The molecule has 1 aromatic heterocycles. The van der Waals surface area contributed by atoms with Crippen molar-refractivity contribution in [3.8, 4) is 5.69 Å². The van der Waals surface area contributed by atoms with E-state index in [0.29, 0.717) is 41.4 Å². The first kappa shape index (κ1) is 17.5. The highest BCUT2D eigenvalue weighted by Crippen LogP contribution is 2.31. The van der Waals surface area contributed by atoms with E-state index in [9.17, 15) is 14.7 Å². The molecule has 1 aliphatic rings. The van der Waals surface area contributed by atoms with Crippen molar-refractivity contribution in [1.29, 1.82) is 0 Å². The van der Waals surface area contributed by atoms with E-state index in [4.69, 9.17) is 11.6 Å². The average molecular weight is 362 g/mol. The van der Waals surface area contributed by atoms with Crippen LogP contribution in [0.4, 0.5) is 0 Å². The lowest BCUT2D eigenvalue weighted by Gasteiger charge is -2.37. The van der Waals surface area contributed by atoms with Gasteiger partial charge in [-0.1, -0.05) is 23.7 Å². The van der Waals surface area contributed by atoms with Crippen molar-refractivity contribution < 1.29 is 14.7 Å². The first-order chi connectivity index (χ1) is 11.8. The second-order valence-electron chi connectivity index (χ2n) is 6.70. The number of amides is 1. The van der Waals surface area contributed by atoms with Gasteiger partial charge < -0.3 is 10.0 Å². The Morgan fingerprint density at radius 1 is 1.32 bits per heavy atom. The van der Waals surface area contributed by atoms with E-state index in [-0.39, 0.29) is 12.5 Å². The van der Waals surface area contributed by atoms with Crippen molar-refractivity contribution in [2.24, 2.45) is 5.41 Å². The third-order valence-electron chi connectivity index (χ3n) is 4.82. The molecular weight excluding hydrogens is 342 g/mol. The zero-order valence-electron chi connectivity index (χ0n) is 14.2. The Labute approximate surface area is 151 Å². The van der Waals surface area contributed by atoms with Gasteiger partial charge in [0.05, 0.1) is 33.6 Å². The molecule has 0 saturated carbocycles. The second-order valence-corrected chi connectivity index (χ2v) is 7.11. The number of halogens is 1. The number of para-hydroxylation sites is 1. The number of nitrogens with zero attached hydrogens (tertiary/aromatic N) is 3. The molecule has 1 aliphatic heterocycles. The number of rotatable bonds is 3. The molecule has 1 saturated heterocycles. The van der Waals surface area contributed by atoms with Crippen LogP contribution in [-0.4, -0.2) is 44.8 Å². The SMILES string of the molecule is Cc1c(C(=O)N2CCCC(C)(C(=O)O)C2)cnn1-c1ccccc1Cl. The minimum atomic E-state index is -0.902. The number of benzene rings is 1. The zero-order valence-corrected chi connectivity index (χ0v) is 15.0. The van der Waals surface area contributed by atoms with Gasteiger partial charge in [-0.2, -0.15) is 5.10 Å². The van der Waals surface area contributed by atoms with Crippen LogP contribution >= 0.6 is 11.6 Å². The van der Waals surface area contributed by atoms with E-state index in [1.54, 1.807) is 22.6 Å². The summed E-state index contributed by atoms with van der Waals surface area (Å²) in [5, 5.41) is 14.3. The van der Waals surface area contributed by atoms with Gasteiger partial charge in [0.25, 0.3) is 5.91 Å². The number of carboxylic acids is 1. The van der Waals surface area contributed by atoms with Crippen LogP contribution < -0.4 is 0 Å². The smallest absolute Gasteiger partial charge is 0.311 e. The molecule has 1 atom stereocenters.